The number of hydrogen-bond acceptors (Lipinski definition) is 6. The van der Waals surface area contributed by atoms with Crippen molar-refractivity contribution in [3.8, 4) is 22.8 Å². The molecule has 1 fully saturated rings. The van der Waals surface area contributed by atoms with E-state index in [0.717, 1.165) is 17.7 Å². The summed E-state index contributed by atoms with van der Waals surface area (Å²) in [7, 11) is 0. The molecule has 2 aromatic rings. The van der Waals surface area contributed by atoms with Crippen molar-refractivity contribution in [2.24, 2.45) is 0 Å². The summed E-state index contributed by atoms with van der Waals surface area (Å²) in [5.41, 5.74) is 2.15. The van der Waals surface area contributed by atoms with Gasteiger partial charge >= 0.3 is 0 Å². The number of rotatable bonds is 2. The maximum Gasteiger partial charge on any atom is 0.253 e. The van der Waals surface area contributed by atoms with Gasteiger partial charge in [0, 0.05) is 37.0 Å². The highest BCUT2D eigenvalue weighted by atomic mass is 35.5. The number of carbonyl (C=O) groups is 1. The quantitative estimate of drug-likeness (QED) is 0.815. The molecule has 0 spiro atoms. The number of ether oxygens (including phenoxy) is 2. The lowest BCUT2D eigenvalue weighted by molar-refractivity contribution is -0.146. The summed E-state index contributed by atoms with van der Waals surface area (Å²) >= 11 is 5.90. The van der Waals surface area contributed by atoms with Gasteiger partial charge in [0.1, 0.15) is 12.7 Å². The minimum atomic E-state index is -0.491. The van der Waals surface area contributed by atoms with E-state index < -0.39 is 6.10 Å². The smallest absolute Gasteiger partial charge is 0.253 e. The Balaban J connectivity index is 1.62. The zero-order valence-electron chi connectivity index (χ0n) is 14.7. The number of benzene rings is 1. The van der Waals surface area contributed by atoms with Gasteiger partial charge in [0.15, 0.2) is 11.5 Å². The molecule has 1 amide bonds. The van der Waals surface area contributed by atoms with Crippen LogP contribution in [-0.2, 0) is 16.1 Å². The molecule has 2 aliphatic heterocycles. The van der Waals surface area contributed by atoms with Crippen molar-refractivity contribution in [3.05, 3.63) is 41.0 Å². The molecule has 1 atom stereocenters. The monoisotopic (exact) mass is 389 g/mol. The number of morpholine rings is 1. The minimum Gasteiger partial charge on any atom is -0.504 e. The van der Waals surface area contributed by atoms with Crippen LogP contribution in [0.4, 0.5) is 0 Å². The van der Waals surface area contributed by atoms with Crippen molar-refractivity contribution in [2.45, 2.75) is 12.6 Å². The summed E-state index contributed by atoms with van der Waals surface area (Å²) in [6.45, 7) is 2.85. The van der Waals surface area contributed by atoms with Gasteiger partial charge in [-0.15, -0.1) is 0 Å². The molecule has 1 aromatic carbocycles. The number of pyridine rings is 1. The van der Waals surface area contributed by atoms with E-state index in [-0.39, 0.29) is 11.7 Å². The predicted octanol–water partition coefficient (Wildman–Crippen LogP) is 1.82. The number of phenols is 1. The molecule has 0 saturated carbocycles. The van der Waals surface area contributed by atoms with Crippen LogP contribution in [-0.4, -0.2) is 59.8 Å². The average Bonchev–Trinajstić information content (AvgIpc) is 2.91. The molecule has 0 radical (unpaired) electrons. The van der Waals surface area contributed by atoms with Crippen molar-refractivity contribution in [2.75, 3.05) is 32.8 Å². The van der Waals surface area contributed by atoms with E-state index in [4.69, 9.17) is 21.1 Å². The fraction of sp³-hybridized carbons (Fsp3) is 0.368. The molecule has 2 N–H and O–H groups in total. The Morgan fingerprint density at radius 2 is 2.22 bits per heavy atom. The Bertz CT molecular complexity index is 838. The number of phenolic OH excluding ortho intramolecular Hbond substituents is 1. The largest absolute Gasteiger partial charge is 0.504 e. The van der Waals surface area contributed by atoms with Crippen molar-refractivity contribution in [3.63, 3.8) is 0 Å². The normalized spacial score (nSPS) is 19.7. The maximum atomic E-state index is 12.8. The van der Waals surface area contributed by atoms with Gasteiger partial charge in [0.2, 0.25) is 0 Å². The number of fused-ring (bicyclic) bond motifs is 1. The third-order valence-corrected chi connectivity index (χ3v) is 4.88. The Labute approximate surface area is 161 Å². The van der Waals surface area contributed by atoms with Crippen LogP contribution in [0.25, 0.3) is 11.3 Å². The second kappa shape index (κ2) is 7.72. The van der Waals surface area contributed by atoms with Crippen LogP contribution in [0.2, 0.25) is 5.02 Å². The highest BCUT2D eigenvalue weighted by Crippen LogP contribution is 2.37. The van der Waals surface area contributed by atoms with Gasteiger partial charge in [0.25, 0.3) is 5.91 Å². The third kappa shape index (κ3) is 3.85. The molecule has 2 aliphatic rings. The number of amides is 1. The van der Waals surface area contributed by atoms with Crippen LogP contribution in [0.5, 0.6) is 11.5 Å². The van der Waals surface area contributed by atoms with Gasteiger partial charge in [0.05, 0.1) is 23.9 Å². The van der Waals surface area contributed by atoms with Gasteiger partial charge in [-0.1, -0.05) is 11.6 Å². The predicted molar refractivity (Wildman–Crippen MR) is 99.9 cm³/mol. The Kier molecular flexibility index (Phi) is 5.15. The molecule has 1 saturated heterocycles. The fourth-order valence-electron chi connectivity index (χ4n) is 3.31. The molecule has 0 aliphatic carbocycles. The van der Waals surface area contributed by atoms with Crippen LogP contribution < -0.4 is 10.1 Å². The topological polar surface area (TPSA) is 83.9 Å². The van der Waals surface area contributed by atoms with Crippen LogP contribution in [0.15, 0.2) is 30.5 Å². The first kappa shape index (κ1) is 18.0. The lowest BCUT2D eigenvalue weighted by Gasteiger charge is -2.28. The van der Waals surface area contributed by atoms with Crippen molar-refractivity contribution in [1.29, 1.82) is 0 Å². The number of aromatic hydroxyl groups is 1. The molecule has 3 heterocycles. The molecule has 1 aromatic heterocycles. The third-order valence-electron chi connectivity index (χ3n) is 4.65. The van der Waals surface area contributed by atoms with Crippen LogP contribution in [0.3, 0.4) is 0 Å². The molecule has 27 heavy (non-hydrogen) atoms. The first-order valence-electron chi connectivity index (χ1n) is 8.83. The highest BCUT2D eigenvalue weighted by Gasteiger charge is 2.29. The summed E-state index contributed by atoms with van der Waals surface area (Å²) in [6, 6.07) is 7.02. The van der Waals surface area contributed by atoms with Crippen molar-refractivity contribution >= 4 is 17.5 Å². The van der Waals surface area contributed by atoms with E-state index >= 15 is 0 Å². The van der Waals surface area contributed by atoms with E-state index in [9.17, 15) is 9.90 Å². The molecule has 4 rings (SSSR count). The molecular formula is C19H20ClN3O4. The lowest BCUT2D eigenvalue weighted by atomic mass is 10.0. The van der Waals surface area contributed by atoms with Crippen molar-refractivity contribution in [1.82, 2.24) is 15.2 Å². The zero-order chi connectivity index (χ0) is 18.8. The summed E-state index contributed by atoms with van der Waals surface area (Å²) in [5.74, 6) is 0.364. The molecule has 7 nitrogen and oxygen atoms in total. The SMILES string of the molecule is O=C(C1CNCCO1)N1CCOc2c(O)cc(-c3ccc(Cl)cn3)cc2C1. The van der Waals surface area contributed by atoms with E-state index in [0.29, 0.717) is 49.3 Å². The average molecular weight is 390 g/mol. The van der Waals surface area contributed by atoms with Crippen LogP contribution in [0.1, 0.15) is 5.56 Å². The maximum absolute atomic E-state index is 12.8. The number of halogens is 1. The van der Waals surface area contributed by atoms with Crippen LogP contribution >= 0.6 is 11.6 Å². The molecular weight excluding hydrogens is 370 g/mol. The van der Waals surface area contributed by atoms with E-state index in [2.05, 4.69) is 10.3 Å². The minimum absolute atomic E-state index is 0.0316. The van der Waals surface area contributed by atoms with Gasteiger partial charge in [-0.2, -0.15) is 0 Å². The highest BCUT2D eigenvalue weighted by molar-refractivity contribution is 6.30. The van der Waals surface area contributed by atoms with Crippen LogP contribution in [0, 0.1) is 0 Å². The number of carbonyl (C=O) groups excluding carboxylic acids is 1. The molecule has 0 bridgehead atoms. The second-order valence-corrected chi connectivity index (χ2v) is 6.95. The molecule has 8 heteroatoms. The second-order valence-electron chi connectivity index (χ2n) is 6.52. The summed E-state index contributed by atoms with van der Waals surface area (Å²) in [4.78, 5) is 18.8. The van der Waals surface area contributed by atoms with E-state index in [1.54, 1.807) is 29.3 Å². The molecule has 1 unspecified atom stereocenters. The first-order chi connectivity index (χ1) is 13.1. The molecule has 142 valence electrons. The Morgan fingerprint density at radius 3 is 2.96 bits per heavy atom. The van der Waals surface area contributed by atoms with Gasteiger partial charge in [-0.3, -0.25) is 9.78 Å². The summed E-state index contributed by atoms with van der Waals surface area (Å²) < 4.78 is 11.3. The van der Waals surface area contributed by atoms with Gasteiger partial charge in [-0.25, -0.2) is 0 Å². The number of nitrogens with one attached hydrogen (secondary N) is 1. The Hall–Kier alpha value is -2.35. The number of hydrogen-bond donors (Lipinski definition) is 2. The number of nitrogens with zero attached hydrogens (tertiary/aromatic N) is 2. The van der Waals surface area contributed by atoms with E-state index in [1.165, 1.54) is 0 Å². The standard InChI is InChI=1S/C19H20ClN3O4/c20-14-1-2-15(22-9-14)12-7-13-11-23(4-6-27-18(13)16(24)8-12)19(25)17-10-21-3-5-26-17/h1-2,7-9,17,21,24H,3-6,10-11H2. The summed E-state index contributed by atoms with van der Waals surface area (Å²) in [5, 5.41) is 14.1. The number of aromatic nitrogens is 1. The lowest BCUT2D eigenvalue weighted by Crippen LogP contribution is -2.49. The first-order valence-corrected chi connectivity index (χ1v) is 9.21. The summed E-state index contributed by atoms with van der Waals surface area (Å²) in [6.07, 6.45) is 1.06. The Morgan fingerprint density at radius 1 is 1.33 bits per heavy atom. The van der Waals surface area contributed by atoms with E-state index in [1.807, 2.05) is 6.07 Å². The van der Waals surface area contributed by atoms with Gasteiger partial charge < -0.3 is 24.8 Å². The van der Waals surface area contributed by atoms with Gasteiger partial charge in [-0.05, 0) is 24.3 Å². The fourth-order valence-corrected chi connectivity index (χ4v) is 3.42. The zero-order valence-corrected chi connectivity index (χ0v) is 15.4. The van der Waals surface area contributed by atoms with Crippen molar-refractivity contribution < 1.29 is 19.4 Å².